The van der Waals surface area contributed by atoms with Crippen LogP contribution in [0.25, 0.3) is 0 Å². The van der Waals surface area contributed by atoms with Crippen molar-refractivity contribution in [3.05, 3.63) is 71.9 Å². The van der Waals surface area contributed by atoms with E-state index in [0.29, 0.717) is 12.2 Å². The molecule has 0 saturated carbocycles. The molecule has 2 aromatic rings. The summed E-state index contributed by atoms with van der Waals surface area (Å²) in [6.45, 7) is 4.05. The summed E-state index contributed by atoms with van der Waals surface area (Å²) < 4.78 is 0. The highest BCUT2D eigenvalue weighted by Crippen LogP contribution is 2.25. The largest absolute Gasteiger partial charge is 0.377 e. The van der Waals surface area contributed by atoms with Crippen molar-refractivity contribution >= 4 is 22.9 Å². The zero-order chi connectivity index (χ0) is 14.8. The standard InChI is InChI=1S/C9H7NO.C8H7NO/c1-6-9(11)7-4-2-3-5-8(7)10-6;10-8-5-9-7-4-2-1-3-6(7)8/h2-5,10H,1H2;1-4,9H,5H2. The van der Waals surface area contributed by atoms with E-state index in [0.717, 1.165) is 22.5 Å². The van der Waals surface area contributed by atoms with Crippen LogP contribution in [0.3, 0.4) is 0 Å². The Hall–Kier alpha value is -2.88. The van der Waals surface area contributed by atoms with E-state index in [1.807, 2.05) is 42.5 Å². The number of hydrogen-bond donors (Lipinski definition) is 2. The van der Waals surface area contributed by atoms with E-state index in [4.69, 9.17) is 0 Å². The van der Waals surface area contributed by atoms with Crippen molar-refractivity contribution < 1.29 is 9.59 Å². The summed E-state index contributed by atoms with van der Waals surface area (Å²) in [5, 5.41) is 5.90. The normalized spacial score (nSPS) is 14.6. The van der Waals surface area contributed by atoms with Crippen LogP contribution in [0.2, 0.25) is 0 Å². The molecule has 0 aromatic heterocycles. The zero-order valence-electron chi connectivity index (χ0n) is 11.3. The van der Waals surface area contributed by atoms with Crippen LogP contribution in [0.1, 0.15) is 20.7 Å². The van der Waals surface area contributed by atoms with Crippen LogP contribution in [0.5, 0.6) is 0 Å². The molecule has 0 spiro atoms. The maximum Gasteiger partial charge on any atom is 0.210 e. The van der Waals surface area contributed by atoms with Crippen molar-refractivity contribution in [3.63, 3.8) is 0 Å². The molecule has 2 heterocycles. The van der Waals surface area contributed by atoms with Gasteiger partial charge in [0, 0.05) is 22.5 Å². The molecular weight excluding hydrogens is 264 g/mol. The Bertz CT molecular complexity index is 750. The van der Waals surface area contributed by atoms with E-state index in [1.54, 1.807) is 6.07 Å². The molecule has 4 rings (SSSR count). The number of benzene rings is 2. The van der Waals surface area contributed by atoms with Gasteiger partial charge in [0.25, 0.3) is 0 Å². The number of ketones is 2. The summed E-state index contributed by atoms with van der Waals surface area (Å²) in [5.74, 6) is 0.191. The van der Waals surface area contributed by atoms with Gasteiger partial charge in [-0.2, -0.15) is 0 Å². The third-order valence-electron chi connectivity index (χ3n) is 3.40. The fourth-order valence-electron chi connectivity index (χ4n) is 2.32. The lowest BCUT2D eigenvalue weighted by atomic mass is 10.1. The number of carbonyl (C=O) groups excluding carboxylic acids is 2. The summed E-state index contributed by atoms with van der Waals surface area (Å²) in [6, 6.07) is 15.0. The first-order chi connectivity index (χ1) is 10.2. The van der Waals surface area contributed by atoms with Gasteiger partial charge in [-0.1, -0.05) is 30.8 Å². The summed E-state index contributed by atoms with van der Waals surface area (Å²) in [6.07, 6.45) is 0. The topological polar surface area (TPSA) is 58.2 Å². The molecule has 0 bridgehead atoms. The van der Waals surface area contributed by atoms with Crippen LogP contribution in [-0.4, -0.2) is 18.1 Å². The van der Waals surface area contributed by atoms with Crippen LogP contribution in [0.4, 0.5) is 11.4 Å². The lowest BCUT2D eigenvalue weighted by molar-refractivity contribution is 0.101. The number of rotatable bonds is 0. The molecular formula is C17H14N2O2. The number of allylic oxidation sites excluding steroid dienone is 1. The van der Waals surface area contributed by atoms with Gasteiger partial charge < -0.3 is 10.6 Å². The number of Topliss-reactive ketones (excluding diaryl/α,β-unsaturated/α-hetero) is 2. The zero-order valence-corrected chi connectivity index (χ0v) is 11.3. The van der Waals surface area contributed by atoms with Gasteiger partial charge >= 0.3 is 0 Å². The van der Waals surface area contributed by atoms with E-state index in [2.05, 4.69) is 17.2 Å². The Kier molecular flexibility index (Phi) is 3.28. The van der Waals surface area contributed by atoms with Gasteiger partial charge in [-0.15, -0.1) is 0 Å². The Balaban J connectivity index is 0.000000126. The minimum absolute atomic E-state index is 0.000556. The number of fused-ring (bicyclic) bond motifs is 2. The van der Waals surface area contributed by atoms with E-state index >= 15 is 0 Å². The molecule has 4 heteroatoms. The molecule has 2 aromatic carbocycles. The molecule has 0 radical (unpaired) electrons. The second-order valence-electron chi connectivity index (χ2n) is 4.80. The highest BCUT2D eigenvalue weighted by molar-refractivity contribution is 6.17. The second kappa shape index (κ2) is 5.25. The van der Waals surface area contributed by atoms with Crippen LogP contribution < -0.4 is 10.6 Å². The number of para-hydroxylation sites is 2. The Morgan fingerprint density at radius 1 is 0.857 bits per heavy atom. The molecule has 21 heavy (non-hydrogen) atoms. The van der Waals surface area contributed by atoms with E-state index in [1.165, 1.54) is 0 Å². The van der Waals surface area contributed by atoms with Gasteiger partial charge in [-0.3, -0.25) is 9.59 Å². The molecule has 2 N–H and O–H groups in total. The Morgan fingerprint density at radius 2 is 1.48 bits per heavy atom. The van der Waals surface area contributed by atoms with E-state index < -0.39 is 0 Å². The number of hydrogen-bond acceptors (Lipinski definition) is 4. The van der Waals surface area contributed by atoms with Gasteiger partial charge in [0.1, 0.15) is 0 Å². The van der Waals surface area contributed by atoms with E-state index in [9.17, 15) is 9.59 Å². The lowest BCUT2D eigenvalue weighted by Crippen LogP contribution is -2.00. The molecule has 4 nitrogen and oxygen atoms in total. The molecule has 2 aliphatic heterocycles. The third-order valence-corrected chi connectivity index (χ3v) is 3.40. The summed E-state index contributed by atoms with van der Waals surface area (Å²) in [4.78, 5) is 22.2. The number of nitrogens with one attached hydrogen (secondary N) is 2. The van der Waals surface area contributed by atoms with Crippen LogP contribution in [-0.2, 0) is 0 Å². The van der Waals surface area contributed by atoms with Gasteiger partial charge in [0.15, 0.2) is 5.78 Å². The first-order valence-electron chi connectivity index (χ1n) is 6.62. The molecule has 0 unspecified atom stereocenters. The van der Waals surface area contributed by atoms with Crippen molar-refractivity contribution in [2.45, 2.75) is 0 Å². The average molecular weight is 278 g/mol. The van der Waals surface area contributed by atoms with Crippen molar-refractivity contribution in [3.8, 4) is 0 Å². The van der Waals surface area contributed by atoms with Gasteiger partial charge in [-0.25, -0.2) is 0 Å². The molecule has 0 fully saturated rings. The van der Waals surface area contributed by atoms with Crippen LogP contribution in [0, 0.1) is 0 Å². The number of anilines is 2. The minimum atomic E-state index is 0.000556. The minimum Gasteiger partial charge on any atom is -0.377 e. The highest BCUT2D eigenvalue weighted by atomic mass is 16.1. The quantitative estimate of drug-likeness (QED) is 0.727. The van der Waals surface area contributed by atoms with Gasteiger partial charge in [0.2, 0.25) is 5.78 Å². The molecule has 0 saturated heterocycles. The van der Waals surface area contributed by atoms with Crippen LogP contribution in [0.15, 0.2) is 60.8 Å². The average Bonchev–Trinajstić information content (AvgIpc) is 3.02. The first kappa shape index (κ1) is 13.1. The first-order valence-corrected chi connectivity index (χ1v) is 6.62. The summed E-state index contributed by atoms with van der Waals surface area (Å²) in [5.41, 5.74) is 3.83. The van der Waals surface area contributed by atoms with Crippen molar-refractivity contribution in [1.82, 2.24) is 0 Å². The molecule has 0 atom stereocenters. The fourth-order valence-corrected chi connectivity index (χ4v) is 2.32. The molecule has 104 valence electrons. The lowest BCUT2D eigenvalue weighted by Gasteiger charge is -1.93. The van der Waals surface area contributed by atoms with E-state index in [-0.39, 0.29) is 11.6 Å². The maximum atomic E-state index is 11.2. The SMILES string of the molecule is C=C1Nc2ccccc2C1=O.O=C1CNc2ccccc21. The van der Waals surface area contributed by atoms with Crippen molar-refractivity contribution in [2.24, 2.45) is 0 Å². The maximum absolute atomic E-state index is 11.2. The van der Waals surface area contributed by atoms with Gasteiger partial charge in [-0.05, 0) is 24.3 Å². The van der Waals surface area contributed by atoms with Gasteiger partial charge in [0.05, 0.1) is 12.2 Å². The predicted molar refractivity (Wildman–Crippen MR) is 82.8 cm³/mol. The monoisotopic (exact) mass is 278 g/mol. The molecule has 0 aliphatic carbocycles. The Morgan fingerprint density at radius 3 is 2.14 bits per heavy atom. The fraction of sp³-hybridized carbons (Fsp3) is 0.0588. The molecule has 2 aliphatic rings. The predicted octanol–water partition coefficient (Wildman–Crippen LogP) is 3.10. The molecule has 0 amide bonds. The van der Waals surface area contributed by atoms with Crippen LogP contribution >= 0.6 is 0 Å². The number of carbonyl (C=O) groups is 2. The summed E-state index contributed by atoms with van der Waals surface area (Å²) >= 11 is 0. The third kappa shape index (κ3) is 2.43. The smallest absolute Gasteiger partial charge is 0.210 e. The Labute approximate surface area is 122 Å². The highest BCUT2D eigenvalue weighted by Gasteiger charge is 2.21. The van der Waals surface area contributed by atoms with Crippen molar-refractivity contribution in [2.75, 3.05) is 17.2 Å². The summed E-state index contributed by atoms with van der Waals surface area (Å²) in [7, 11) is 0. The van der Waals surface area contributed by atoms with Crippen molar-refractivity contribution in [1.29, 1.82) is 0 Å². The second-order valence-corrected chi connectivity index (χ2v) is 4.80.